The lowest BCUT2D eigenvalue weighted by Crippen LogP contribution is -2.25. The molecule has 22 heavy (non-hydrogen) atoms. The first-order valence-electron chi connectivity index (χ1n) is 7.29. The van der Waals surface area contributed by atoms with E-state index < -0.39 is 0 Å². The number of hydrogen-bond donors (Lipinski definition) is 1. The molecule has 0 spiro atoms. The quantitative estimate of drug-likeness (QED) is 0.791. The summed E-state index contributed by atoms with van der Waals surface area (Å²) in [5, 5.41) is 2.85. The summed E-state index contributed by atoms with van der Waals surface area (Å²) in [5.41, 5.74) is 1.96. The number of hydrogen-bond acceptors (Lipinski definition) is 3. The highest BCUT2D eigenvalue weighted by atomic mass is 35.5. The maximum Gasteiger partial charge on any atom is 0.287 e. The first-order chi connectivity index (χ1) is 10.6. The number of furan rings is 1. The molecule has 118 valence electrons. The van der Waals surface area contributed by atoms with Crippen LogP contribution in [0.1, 0.15) is 34.4 Å². The van der Waals surface area contributed by atoms with Crippen molar-refractivity contribution in [2.24, 2.45) is 0 Å². The molecular weight excluding hydrogens is 302 g/mol. The van der Waals surface area contributed by atoms with Gasteiger partial charge >= 0.3 is 0 Å². The molecule has 0 radical (unpaired) electrons. The topological polar surface area (TPSA) is 51.5 Å². The Bertz CT molecular complexity index is 637. The van der Waals surface area contributed by atoms with Crippen LogP contribution < -0.4 is 10.1 Å². The van der Waals surface area contributed by atoms with Crippen molar-refractivity contribution < 1.29 is 13.9 Å². The van der Waals surface area contributed by atoms with E-state index in [0.717, 1.165) is 23.3 Å². The van der Waals surface area contributed by atoms with Crippen molar-refractivity contribution in [3.05, 3.63) is 53.0 Å². The number of carbonyl (C=O) groups excluding carboxylic acids is 1. The van der Waals surface area contributed by atoms with Crippen molar-refractivity contribution in [3.63, 3.8) is 0 Å². The van der Waals surface area contributed by atoms with Gasteiger partial charge in [-0.25, -0.2) is 0 Å². The SMILES string of the molecule is CCOc1cccc(CCNC(=O)c2cc(CCl)c(C)o2)c1. The Balaban J connectivity index is 1.87. The monoisotopic (exact) mass is 321 g/mol. The number of amides is 1. The van der Waals surface area contributed by atoms with Crippen LogP contribution in [0.3, 0.4) is 0 Å². The van der Waals surface area contributed by atoms with Gasteiger partial charge in [-0.1, -0.05) is 12.1 Å². The molecular formula is C17H20ClNO3. The van der Waals surface area contributed by atoms with Crippen LogP contribution in [0.5, 0.6) is 5.75 Å². The predicted octanol–water partition coefficient (Wildman–Crippen LogP) is 3.70. The van der Waals surface area contributed by atoms with E-state index in [9.17, 15) is 4.79 Å². The van der Waals surface area contributed by atoms with E-state index in [-0.39, 0.29) is 5.91 Å². The van der Waals surface area contributed by atoms with Crippen molar-refractivity contribution in [3.8, 4) is 5.75 Å². The van der Waals surface area contributed by atoms with Gasteiger partial charge in [-0.2, -0.15) is 0 Å². The number of carbonyl (C=O) groups is 1. The van der Waals surface area contributed by atoms with Crippen LogP contribution in [0.15, 0.2) is 34.7 Å². The second-order valence-electron chi connectivity index (χ2n) is 4.91. The zero-order valence-corrected chi connectivity index (χ0v) is 13.6. The van der Waals surface area contributed by atoms with Crippen LogP contribution in [0.4, 0.5) is 0 Å². The summed E-state index contributed by atoms with van der Waals surface area (Å²) < 4.78 is 10.9. The number of rotatable bonds is 7. The lowest BCUT2D eigenvalue weighted by Gasteiger charge is -2.06. The number of ether oxygens (including phenoxy) is 1. The second-order valence-corrected chi connectivity index (χ2v) is 5.18. The highest BCUT2D eigenvalue weighted by Crippen LogP contribution is 2.17. The van der Waals surface area contributed by atoms with E-state index in [0.29, 0.717) is 30.6 Å². The minimum Gasteiger partial charge on any atom is -0.494 e. The Hall–Kier alpha value is -1.94. The molecule has 0 saturated heterocycles. The van der Waals surface area contributed by atoms with Crippen LogP contribution in [-0.4, -0.2) is 19.1 Å². The first kappa shape index (κ1) is 16.4. The van der Waals surface area contributed by atoms with Gasteiger partial charge in [-0.3, -0.25) is 4.79 Å². The number of benzene rings is 1. The van der Waals surface area contributed by atoms with Gasteiger partial charge in [0, 0.05) is 12.1 Å². The van der Waals surface area contributed by atoms with Crippen LogP contribution in [0.2, 0.25) is 0 Å². The van der Waals surface area contributed by atoms with Crippen molar-refractivity contribution >= 4 is 17.5 Å². The van der Waals surface area contributed by atoms with Crippen molar-refractivity contribution in [2.45, 2.75) is 26.1 Å². The van der Waals surface area contributed by atoms with Gasteiger partial charge in [0.2, 0.25) is 0 Å². The Labute approximate surface area is 135 Å². The summed E-state index contributed by atoms with van der Waals surface area (Å²) in [6, 6.07) is 9.55. The smallest absolute Gasteiger partial charge is 0.287 e. The van der Waals surface area contributed by atoms with Gasteiger partial charge in [0.1, 0.15) is 11.5 Å². The van der Waals surface area contributed by atoms with E-state index in [1.807, 2.05) is 31.2 Å². The van der Waals surface area contributed by atoms with Crippen molar-refractivity contribution in [1.82, 2.24) is 5.32 Å². The van der Waals surface area contributed by atoms with Crippen molar-refractivity contribution in [2.75, 3.05) is 13.2 Å². The van der Waals surface area contributed by atoms with Crippen molar-refractivity contribution in [1.29, 1.82) is 0 Å². The average Bonchev–Trinajstić information content (AvgIpc) is 2.89. The van der Waals surface area contributed by atoms with E-state index in [1.165, 1.54) is 0 Å². The van der Waals surface area contributed by atoms with E-state index in [1.54, 1.807) is 13.0 Å². The van der Waals surface area contributed by atoms with Gasteiger partial charge in [0.25, 0.3) is 5.91 Å². The Kier molecular flexibility index (Phi) is 5.90. The minimum absolute atomic E-state index is 0.222. The lowest BCUT2D eigenvalue weighted by molar-refractivity contribution is 0.0925. The maximum absolute atomic E-state index is 12.0. The Morgan fingerprint density at radius 2 is 2.18 bits per heavy atom. The molecule has 1 amide bonds. The number of nitrogens with one attached hydrogen (secondary N) is 1. The highest BCUT2D eigenvalue weighted by Gasteiger charge is 2.13. The summed E-state index contributed by atoms with van der Waals surface area (Å²) in [4.78, 5) is 12.0. The number of halogens is 1. The third kappa shape index (κ3) is 4.28. The van der Waals surface area contributed by atoms with E-state index in [4.69, 9.17) is 20.8 Å². The summed E-state index contributed by atoms with van der Waals surface area (Å²) >= 11 is 5.77. The first-order valence-corrected chi connectivity index (χ1v) is 7.82. The van der Waals surface area contributed by atoms with Crippen LogP contribution in [-0.2, 0) is 12.3 Å². The summed E-state index contributed by atoms with van der Waals surface area (Å²) in [5.74, 6) is 1.95. The molecule has 4 nitrogen and oxygen atoms in total. The Morgan fingerprint density at radius 1 is 1.36 bits per heavy atom. The standard InChI is InChI=1S/C17H20ClNO3/c1-3-21-15-6-4-5-13(9-15)7-8-19-17(20)16-10-14(11-18)12(2)22-16/h4-6,9-10H,3,7-8,11H2,1-2H3,(H,19,20). The number of aryl methyl sites for hydroxylation is 1. The molecule has 0 saturated carbocycles. The molecule has 1 aromatic heterocycles. The molecule has 0 fully saturated rings. The summed E-state index contributed by atoms with van der Waals surface area (Å²) in [6.07, 6.45) is 0.731. The van der Waals surface area contributed by atoms with Gasteiger partial charge in [0.05, 0.1) is 12.5 Å². The Morgan fingerprint density at radius 3 is 2.86 bits per heavy atom. The predicted molar refractivity (Wildman–Crippen MR) is 86.7 cm³/mol. The summed E-state index contributed by atoms with van der Waals surface area (Å²) in [6.45, 7) is 4.92. The molecule has 0 atom stereocenters. The fourth-order valence-corrected chi connectivity index (χ4v) is 2.39. The normalized spacial score (nSPS) is 10.5. The number of alkyl halides is 1. The van der Waals surface area contributed by atoms with E-state index >= 15 is 0 Å². The molecule has 2 aromatic rings. The van der Waals surface area contributed by atoms with E-state index in [2.05, 4.69) is 5.32 Å². The molecule has 1 N–H and O–H groups in total. The largest absolute Gasteiger partial charge is 0.494 e. The lowest BCUT2D eigenvalue weighted by atomic mass is 10.1. The molecule has 1 aromatic carbocycles. The molecule has 1 heterocycles. The molecule has 0 aliphatic heterocycles. The molecule has 0 bridgehead atoms. The second kappa shape index (κ2) is 7.90. The average molecular weight is 322 g/mol. The fraction of sp³-hybridized carbons (Fsp3) is 0.353. The zero-order chi connectivity index (χ0) is 15.9. The van der Waals surface area contributed by atoms with Gasteiger partial charge in [-0.15, -0.1) is 11.6 Å². The van der Waals surface area contributed by atoms with Crippen LogP contribution in [0, 0.1) is 6.92 Å². The molecule has 5 heteroatoms. The molecule has 0 aliphatic carbocycles. The third-order valence-corrected chi connectivity index (χ3v) is 3.58. The molecule has 0 aliphatic rings. The van der Waals surface area contributed by atoms with Gasteiger partial charge in [-0.05, 0) is 44.0 Å². The molecule has 0 unspecified atom stereocenters. The molecule has 2 rings (SSSR count). The van der Waals surface area contributed by atoms with Crippen LogP contribution >= 0.6 is 11.6 Å². The fourth-order valence-electron chi connectivity index (χ4n) is 2.13. The highest BCUT2D eigenvalue weighted by molar-refractivity contribution is 6.17. The van der Waals surface area contributed by atoms with Gasteiger partial charge in [0.15, 0.2) is 5.76 Å². The maximum atomic E-state index is 12.0. The zero-order valence-electron chi connectivity index (χ0n) is 12.8. The minimum atomic E-state index is -0.222. The van der Waals surface area contributed by atoms with Crippen LogP contribution in [0.25, 0.3) is 0 Å². The third-order valence-electron chi connectivity index (χ3n) is 3.30. The summed E-state index contributed by atoms with van der Waals surface area (Å²) in [7, 11) is 0. The van der Waals surface area contributed by atoms with Gasteiger partial charge < -0.3 is 14.5 Å².